The maximum atomic E-state index is 13.7. The summed E-state index contributed by atoms with van der Waals surface area (Å²) in [6.45, 7) is 0.367. The first-order valence-electron chi connectivity index (χ1n) is 6.36. The van der Waals surface area contributed by atoms with Crippen LogP contribution in [0.2, 0.25) is 5.02 Å². The van der Waals surface area contributed by atoms with E-state index in [1.165, 1.54) is 6.07 Å². The summed E-state index contributed by atoms with van der Waals surface area (Å²) in [6.07, 6.45) is 5.19. The van der Waals surface area contributed by atoms with Gasteiger partial charge in [0.25, 0.3) is 0 Å². The van der Waals surface area contributed by atoms with Crippen LogP contribution in [0.25, 0.3) is 5.82 Å². The van der Waals surface area contributed by atoms with Gasteiger partial charge in [0.15, 0.2) is 5.82 Å². The number of hydrogen-bond donors (Lipinski definition) is 1. The zero-order chi connectivity index (χ0) is 14.7. The summed E-state index contributed by atoms with van der Waals surface area (Å²) in [5, 5.41) is 7.61. The van der Waals surface area contributed by atoms with E-state index in [0.717, 1.165) is 11.5 Å². The second-order valence-electron chi connectivity index (χ2n) is 4.44. The van der Waals surface area contributed by atoms with Crippen LogP contribution in [0.3, 0.4) is 0 Å². The van der Waals surface area contributed by atoms with Crippen LogP contribution < -0.4 is 5.32 Å². The van der Waals surface area contributed by atoms with Crippen molar-refractivity contribution in [2.45, 2.75) is 6.54 Å². The van der Waals surface area contributed by atoms with Gasteiger partial charge in [0.2, 0.25) is 0 Å². The van der Waals surface area contributed by atoms with Gasteiger partial charge in [0, 0.05) is 29.5 Å². The van der Waals surface area contributed by atoms with E-state index in [2.05, 4.69) is 15.4 Å². The van der Waals surface area contributed by atoms with Crippen molar-refractivity contribution in [3.05, 3.63) is 71.4 Å². The molecular weight excluding hydrogens is 291 g/mol. The summed E-state index contributed by atoms with van der Waals surface area (Å²) >= 11 is 5.72. The lowest BCUT2D eigenvalue weighted by Gasteiger charge is -2.08. The molecule has 3 rings (SSSR count). The van der Waals surface area contributed by atoms with E-state index in [4.69, 9.17) is 11.6 Å². The van der Waals surface area contributed by atoms with Crippen LogP contribution in [-0.4, -0.2) is 14.8 Å². The molecule has 0 fully saturated rings. The van der Waals surface area contributed by atoms with Crippen molar-refractivity contribution in [1.82, 2.24) is 14.8 Å². The first-order valence-corrected chi connectivity index (χ1v) is 6.74. The molecule has 0 unspecified atom stereocenters. The molecule has 0 saturated heterocycles. The molecule has 3 aromatic rings. The van der Waals surface area contributed by atoms with Crippen molar-refractivity contribution in [2.75, 3.05) is 5.32 Å². The Kier molecular flexibility index (Phi) is 3.83. The number of aromatic nitrogens is 3. The average Bonchev–Trinajstić information content (AvgIpc) is 3.01. The molecule has 6 heteroatoms. The summed E-state index contributed by atoms with van der Waals surface area (Å²) in [5.74, 6) is 0.402. The fraction of sp³-hybridized carbons (Fsp3) is 0.0667. The fourth-order valence-electron chi connectivity index (χ4n) is 1.89. The number of benzene rings is 1. The highest BCUT2D eigenvalue weighted by molar-refractivity contribution is 6.30. The van der Waals surface area contributed by atoms with Crippen LogP contribution in [0.4, 0.5) is 10.1 Å². The third kappa shape index (κ3) is 3.20. The Balaban J connectivity index is 1.68. The van der Waals surface area contributed by atoms with Crippen LogP contribution in [-0.2, 0) is 6.54 Å². The topological polar surface area (TPSA) is 42.7 Å². The number of nitrogens with zero attached hydrogens (tertiary/aromatic N) is 3. The lowest BCUT2D eigenvalue weighted by atomic mass is 10.2. The second-order valence-corrected chi connectivity index (χ2v) is 4.88. The molecule has 21 heavy (non-hydrogen) atoms. The molecule has 1 N–H and O–H groups in total. The van der Waals surface area contributed by atoms with Gasteiger partial charge in [-0.2, -0.15) is 5.10 Å². The molecule has 0 amide bonds. The molecule has 106 valence electrons. The summed E-state index contributed by atoms with van der Waals surface area (Å²) in [7, 11) is 0. The number of nitrogens with one attached hydrogen (secondary N) is 1. The number of rotatable bonds is 4. The van der Waals surface area contributed by atoms with Gasteiger partial charge in [-0.25, -0.2) is 14.1 Å². The van der Waals surface area contributed by atoms with E-state index in [-0.39, 0.29) is 5.82 Å². The minimum atomic E-state index is -0.323. The second kappa shape index (κ2) is 5.93. The minimum absolute atomic E-state index is 0.323. The minimum Gasteiger partial charge on any atom is -0.380 e. The Hall–Kier alpha value is -2.40. The van der Waals surface area contributed by atoms with Crippen molar-refractivity contribution < 1.29 is 4.39 Å². The van der Waals surface area contributed by atoms with E-state index >= 15 is 0 Å². The molecule has 0 aliphatic heterocycles. The van der Waals surface area contributed by atoms with Crippen molar-refractivity contribution >= 4 is 17.3 Å². The van der Waals surface area contributed by atoms with Crippen molar-refractivity contribution in [2.24, 2.45) is 0 Å². The summed E-state index contributed by atoms with van der Waals surface area (Å²) in [5.41, 5.74) is 1.36. The van der Waals surface area contributed by atoms with E-state index in [9.17, 15) is 4.39 Å². The predicted molar refractivity (Wildman–Crippen MR) is 80.1 cm³/mol. The van der Waals surface area contributed by atoms with Gasteiger partial charge in [-0.15, -0.1) is 0 Å². The standard InChI is InChI=1S/C15H12ClFN4/c16-12-3-2-11(14(17)8-12)9-18-13-4-5-15(19-10-13)21-7-1-6-20-21/h1-8,10,18H,9H2. The molecule has 4 nitrogen and oxygen atoms in total. The van der Waals surface area contributed by atoms with E-state index in [1.807, 2.05) is 24.4 Å². The third-order valence-corrected chi connectivity index (χ3v) is 3.22. The first kappa shape index (κ1) is 13.6. The number of hydrogen-bond acceptors (Lipinski definition) is 3. The highest BCUT2D eigenvalue weighted by Gasteiger charge is 2.03. The summed E-state index contributed by atoms with van der Waals surface area (Å²) in [6, 6.07) is 10.2. The summed E-state index contributed by atoms with van der Waals surface area (Å²) < 4.78 is 15.3. The van der Waals surface area contributed by atoms with E-state index < -0.39 is 0 Å². The maximum absolute atomic E-state index is 13.7. The smallest absolute Gasteiger partial charge is 0.153 e. The molecule has 0 aliphatic carbocycles. The zero-order valence-corrected chi connectivity index (χ0v) is 11.8. The van der Waals surface area contributed by atoms with Gasteiger partial charge in [-0.3, -0.25) is 0 Å². The number of anilines is 1. The molecule has 0 spiro atoms. The van der Waals surface area contributed by atoms with Crippen molar-refractivity contribution in [3.63, 3.8) is 0 Å². The molecule has 0 atom stereocenters. The fourth-order valence-corrected chi connectivity index (χ4v) is 2.05. The molecule has 0 aliphatic rings. The maximum Gasteiger partial charge on any atom is 0.153 e. The Bertz CT molecular complexity index is 726. The van der Waals surface area contributed by atoms with Crippen LogP contribution in [0.15, 0.2) is 55.0 Å². The van der Waals surface area contributed by atoms with Gasteiger partial charge in [0.05, 0.1) is 11.9 Å². The Morgan fingerprint density at radius 3 is 2.81 bits per heavy atom. The van der Waals surface area contributed by atoms with Gasteiger partial charge in [0.1, 0.15) is 5.82 Å². The van der Waals surface area contributed by atoms with Crippen LogP contribution in [0.1, 0.15) is 5.56 Å². The van der Waals surface area contributed by atoms with Crippen LogP contribution in [0.5, 0.6) is 0 Å². The van der Waals surface area contributed by atoms with Crippen LogP contribution in [0, 0.1) is 5.82 Å². The van der Waals surface area contributed by atoms with Gasteiger partial charge < -0.3 is 5.32 Å². The molecule has 1 aromatic carbocycles. The molecular formula is C15H12ClFN4. The predicted octanol–water partition coefficient (Wildman–Crippen LogP) is 3.67. The molecule has 2 aromatic heterocycles. The number of pyridine rings is 1. The lowest BCUT2D eigenvalue weighted by molar-refractivity contribution is 0.613. The summed E-state index contributed by atoms with van der Waals surface area (Å²) in [4.78, 5) is 4.29. The van der Waals surface area contributed by atoms with E-state index in [0.29, 0.717) is 17.1 Å². The van der Waals surface area contributed by atoms with Crippen molar-refractivity contribution in [3.8, 4) is 5.82 Å². The zero-order valence-electron chi connectivity index (χ0n) is 11.0. The van der Waals surface area contributed by atoms with E-state index in [1.54, 1.807) is 29.2 Å². The Morgan fingerprint density at radius 1 is 1.24 bits per heavy atom. The SMILES string of the molecule is Fc1cc(Cl)ccc1CNc1ccc(-n2cccn2)nc1. The highest BCUT2D eigenvalue weighted by Crippen LogP contribution is 2.16. The lowest BCUT2D eigenvalue weighted by Crippen LogP contribution is -2.03. The molecule has 0 radical (unpaired) electrons. The van der Waals surface area contributed by atoms with Gasteiger partial charge in [-0.1, -0.05) is 17.7 Å². The first-order chi connectivity index (χ1) is 10.2. The molecule has 0 saturated carbocycles. The largest absolute Gasteiger partial charge is 0.380 e. The third-order valence-electron chi connectivity index (χ3n) is 2.99. The highest BCUT2D eigenvalue weighted by atomic mass is 35.5. The monoisotopic (exact) mass is 302 g/mol. The number of halogens is 2. The molecule has 0 bridgehead atoms. The molecule has 2 heterocycles. The normalized spacial score (nSPS) is 10.6. The van der Waals surface area contributed by atoms with Gasteiger partial charge in [-0.05, 0) is 30.3 Å². The van der Waals surface area contributed by atoms with Gasteiger partial charge >= 0.3 is 0 Å². The Morgan fingerprint density at radius 2 is 2.14 bits per heavy atom. The average molecular weight is 303 g/mol. The van der Waals surface area contributed by atoms with Crippen molar-refractivity contribution in [1.29, 1.82) is 0 Å². The quantitative estimate of drug-likeness (QED) is 0.799. The van der Waals surface area contributed by atoms with Crippen LogP contribution >= 0.6 is 11.6 Å². The Labute approximate surface area is 126 Å².